The Kier molecular flexibility index (Phi) is 3.02. The van der Waals surface area contributed by atoms with E-state index in [0.717, 1.165) is 11.1 Å². The maximum Gasteiger partial charge on any atom is 0.293 e. The van der Waals surface area contributed by atoms with Gasteiger partial charge in [-0.1, -0.05) is 24.3 Å². The molecule has 0 aliphatic carbocycles. The number of benzene rings is 1. The lowest BCUT2D eigenvalue weighted by Crippen LogP contribution is -1.90. The summed E-state index contributed by atoms with van der Waals surface area (Å²) in [5.74, 6) is 0. The number of carbonyl (C=O) groups is 1. The lowest BCUT2D eigenvalue weighted by Gasteiger charge is -1.98. The quantitative estimate of drug-likeness (QED) is 0.538. The number of carbonyl (C=O) groups excluding carboxylic acids is 1. The van der Waals surface area contributed by atoms with Gasteiger partial charge in [0.25, 0.3) is 6.47 Å². The molecule has 12 heavy (non-hydrogen) atoms. The summed E-state index contributed by atoms with van der Waals surface area (Å²) in [6.07, 6.45) is 1.27. The number of hydrogen-bond acceptors (Lipinski definition) is 3. The Labute approximate surface area is 70.5 Å². The van der Waals surface area contributed by atoms with Crippen molar-refractivity contribution < 1.29 is 9.53 Å². The molecule has 3 heteroatoms. The van der Waals surface area contributed by atoms with Crippen LogP contribution < -0.4 is 0 Å². The fourth-order valence-electron chi connectivity index (χ4n) is 0.840. The monoisotopic (exact) mass is 163 g/mol. The van der Waals surface area contributed by atoms with Crippen LogP contribution in [0, 0.1) is 5.41 Å². The van der Waals surface area contributed by atoms with Crippen LogP contribution in [0.15, 0.2) is 24.3 Å². The molecule has 0 aromatic heterocycles. The molecule has 1 aromatic rings. The standard InChI is InChI=1S/C9H9NO2/c10-5-8-1-3-9(4-2-8)6-12-7-11/h1-5,7,10H,6H2. The molecule has 1 N–H and O–H groups in total. The van der Waals surface area contributed by atoms with E-state index in [-0.39, 0.29) is 0 Å². The highest BCUT2D eigenvalue weighted by Crippen LogP contribution is 2.02. The molecule has 0 saturated heterocycles. The van der Waals surface area contributed by atoms with Gasteiger partial charge in [0, 0.05) is 6.21 Å². The van der Waals surface area contributed by atoms with E-state index in [9.17, 15) is 4.79 Å². The largest absolute Gasteiger partial charge is 0.463 e. The number of ether oxygens (including phenoxy) is 1. The minimum absolute atomic E-state index is 0.293. The van der Waals surface area contributed by atoms with Gasteiger partial charge in [0.05, 0.1) is 0 Å². The van der Waals surface area contributed by atoms with Crippen molar-refractivity contribution in [2.45, 2.75) is 6.61 Å². The van der Waals surface area contributed by atoms with Crippen molar-refractivity contribution >= 4 is 12.7 Å². The summed E-state index contributed by atoms with van der Waals surface area (Å²) in [5, 5.41) is 6.94. The van der Waals surface area contributed by atoms with Crippen LogP contribution in [-0.2, 0) is 16.1 Å². The van der Waals surface area contributed by atoms with E-state index >= 15 is 0 Å². The summed E-state index contributed by atoms with van der Waals surface area (Å²) >= 11 is 0. The van der Waals surface area contributed by atoms with Crippen molar-refractivity contribution in [1.29, 1.82) is 5.41 Å². The molecule has 0 radical (unpaired) electrons. The van der Waals surface area contributed by atoms with E-state index in [1.54, 1.807) is 12.1 Å². The number of hydrogen-bond donors (Lipinski definition) is 1. The molecule has 0 fully saturated rings. The molecule has 0 bridgehead atoms. The molecule has 0 heterocycles. The smallest absolute Gasteiger partial charge is 0.293 e. The minimum Gasteiger partial charge on any atom is -0.463 e. The Balaban J connectivity index is 2.64. The van der Waals surface area contributed by atoms with Crippen molar-refractivity contribution in [3.63, 3.8) is 0 Å². The molecule has 0 unspecified atom stereocenters. The second kappa shape index (κ2) is 4.28. The van der Waals surface area contributed by atoms with Gasteiger partial charge in [0.2, 0.25) is 0 Å². The van der Waals surface area contributed by atoms with Crippen LogP contribution in [0.2, 0.25) is 0 Å². The van der Waals surface area contributed by atoms with E-state index in [1.165, 1.54) is 6.21 Å². The molecule has 0 spiro atoms. The molecule has 1 rings (SSSR count). The molecule has 0 atom stereocenters. The lowest BCUT2D eigenvalue weighted by atomic mass is 10.1. The first kappa shape index (κ1) is 8.46. The van der Waals surface area contributed by atoms with Gasteiger partial charge in [-0.3, -0.25) is 4.79 Å². The van der Waals surface area contributed by atoms with Gasteiger partial charge in [-0.05, 0) is 11.1 Å². The predicted octanol–water partition coefficient (Wildman–Crippen LogP) is 1.36. The van der Waals surface area contributed by atoms with E-state index in [2.05, 4.69) is 4.74 Å². The fourth-order valence-corrected chi connectivity index (χ4v) is 0.840. The van der Waals surface area contributed by atoms with Gasteiger partial charge >= 0.3 is 0 Å². The van der Waals surface area contributed by atoms with Crippen LogP contribution >= 0.6 is 0 Å². The molecule has 62 valence electrons. The van der Waals surface area contributed by atoms with Crippen LogP contribution in [0.3, 0.4) is 0 Å². The third kappa shape index (κ3) is 2.20. The SMILES string of the molecule is N=Cc1ccc(COC=O)cc1. The Morgan fingerprint density at radius 2 is 2.00 bits per heavy atom. The summed E-state index contributed by atoms with van der Waals surface area (Å²) < 4.78 is 4.56. The molecule has 0 aliphatic rings. The average molecular weight is 163 g/mol. The van der Waals surface area contributed by atoms with Crippen molar-refractivity contribution in [3.8, 4) is 0 Å². The topological polar surface area (TPSA) is 50.1 Å². The molecular formula is C9H9NO2. The van der Waals surface area contributed by atoms with Crippen LogP contribution in [0.5, 0.6) is 0 Å². The Hall–Kier alpha value is -1.64. The van der Waals surface area contributed by atoms with E-state index < -0.39 is 0 Å². The fraction of sp³-hybridized carbons (Fsp3) is 0.111. The van der Waals surface area contributed by atoms with Gasteiger partial charge in [0.15, 0.2) is 0 Å². The maximum atomic E-state index is 9.84. The zero-order valence-corrected chi connectivity index (χ0v) is 6.49. The van der Waals surface area contributed by atoms with Crippen molar-refractivity contribution in [1.82, 2.24) is 0 Å². The molecule has 0 amide bonds. The van der Waals surface area contributed by atoms with Crippen LogP contribution in [-0.4, -0.2) is 12.7 Å². The molecule has 1 aromatic carbocycles. The van der Waals surface area contributed by atoms with Gasteiger partial charge in [-0.25, -0.2) is 0 Å². The maximum absolute atomic E-state index is 9.84. The summed E-state index contributed by atoms with van der Waals surface area (Å²) in [7, 11) is 0. The number of rotatable bonds is 4. The first-order valence-corrected chi connectivity index (χ1v) is 3.51. The highest BCUT2D eigenvalue weighted by Gasteiger charge is 1.91. The first-order chi connectivity index (χ1) is 5.86. The van der Waals surface area contributed by atoms with Crippen LogP contribution in [0.4, 0.5) is 0 Å². The summed E-state index contributed by atoms with van der Waals surface area (Å²) in [4.78, 5) is 9.84. The second-order valence-corrected chi connectivity index (χ2v) is 2.29. The molecule has 0 saturated carbocycles. The van der Waals surface area contributed by atoms with Crippen LogP contribution in [0.1, 0.15) is 11.1 Å². The van der Waals surface area contributed by atoms with Crippen LogP contribution in [0.25, 0.3) is 0 Å². The molecule has 3 nitrogen and oxygen atoms in total. The van der Waals surface area contributed by atoms with Gasteiger partial charge in [-0.15, -0.1) is 0 Å². The third-order valence-electron chi connectivity index (χ3n) is 1.46. The van der Waals surface area contributed by atoms with E-state index in [0.29, 0.717) is 13.1 Å². The third-order valence-corrected chi connectivity index (χ3v) is 1.46. The van der Waals surface area contributed by atoms with Crippen molar-refractivity contribution in [2.24, 2.45) is 0 Å². The van der Waals surface area contributed by atoms with Gasteiger partial charge in [-0.2, -0.15) is 0 Å². The predicted molar refractivity (Wildman–Crippen MR) is 45.2 cm³/mol. The van der Waals surface area contributed by atoms with Crippen molar-refractivity contribution in [3.05, 3.63) is 35.4 Å². The molecular weight excluding hydrogens is 154 g/mol. The second-order valence-electron chi connectivity index (χ2n) is 2.29. The van der Waals surface area contributed by atoms with E-state index in [4.69, 9.17) is 5.41 Å². The van der Waals surface area contributed by atoms with Gasteiger partial charge < -0.3 is 10.1 Å². The minimum atomic E-state index is 0.293. The normalized spacial score (nSPS) is 9.00. The summed E-state index contributed by atoms with van der Waals surface area (Å²) in [6.45, 7) is 0.715. The summed E-state index contributed by atoms with van der Waals surface area (Å²) in [5.41, 5.74) is 1.76. The zero-order valence-electron chi connectivity index (χ0n) is 6.49. The molecule has 0 aliphatic heterocycles. The first-order valence-electron chi connectivity index (χ1n) is 3.51. The number of nitrogens with one attached hydrogen (secondary N) is 1. The Bertz CT molecular complexity index is 266. The van der Waals surface area contributed by atoms with Crippen molar-refractivity contribution in [2.75, 3.05) is 0 Å². The highest BCUT2D eigenvalue weighted by atomic mass is 16.5. The summed E-state index contributed by atoms with van der Waals surface area (Å²) in [6, 6.07) is 7.25. The Morgan fingerprint density at radius 3 is 2.50 bits per heavy atom. The van der Waals surface area contributed by atoms with Gasteiger partial charge in [0.1, 0.15) is 6.61 Å². The Morgan fingerprint density at radius 1 is 1.33 bits per heavy atom. The highest BCUT2D eigenvalue weighted by molar-refractivity contribution is 5.76. The van der Waals surface area contributed by atoms with E-state index in [1.807, 2.05) is 12.1 Å². The average Bonchev–Trinajstić information content (AvgIpc) is 2.15. The zero-order chi connectivity index (χ0) is 8.81. The lowest BCUT2D eigenvalue weighted by molar-refractivity contribution is -0.129.